The van der Waals surface area contributed by atoms with Gasteiger partial charge in [-0.2, -0.15) is 0 Å². The number of hydrogen-bond acceptors (Lipinski definition) is 3. The van der Waals surface area contributed by atoms with Crippen LogP contribution in [0.4, 0.5) is 10.1 Å². The molecule has 0 atom stereocenters. The molecule has 1 saturated carbocycles. The molecule has 2 aliphatic carbocycles. The molecule has 120 valence electrons. The number of halogens is 2. The Balaban J connectivity index is 1.73. The summed E-state index contributed by atoms with van der Waals surface area (Å²) in [5, 5.41) is 0.835. The van der Waals surface area contributed by atoms with E-state index in [-0.39, 0.29) is 17.5 Å². The predicted octanol–water partition coefficient (Wildman–Crippen LogP) is 4.48. The van der Waals surface area contributed by atoms with Gasteiger partial charge in [0.1, 0.15) is 5.82 Å². The maximum Gasteiger partial charge on any atom is 0.261 e. The average Bonchev–Trinajstić information content (AvgIpc) is 3.31. The molecule has 0 bridgehead atoms. The zero-order valence-corrected chi connectivity index (χ0v) is 14.0. The van der Waals surface area contributed by atoms with Crippen LogP contribution in [0.1, 0.15) is 38.5 Å². The first-order valence-corrected chi connectivity index (χ1v) is 9.08. The molecular formula is C17H15ClFNO2S. The Morgan fingerprint density at radius 1 is 1.09 bits per heavy atom. The monoisotopic (exact) mass is 351 g/mol. The second kappa shape index (κ2) is 5.64. The maximum atomic E-state index is 14.4. The smallest absolute Gasteiger partial charge is 0.261 e. The summed E-state index contributed by atoms with van der Waals surface area (Å²) in [7, 11) is 0. The number of imide groups is 1. The lowest BCUT2D eigenvalue weighted by atomic mass is 9.93. The molecule has 0 N–H and O–H groups in total. The summed E-state index contributed by atoms with van der Waals surface area (Å²) in [6, 6.07) is 2.76. The van der Waals surface area contributed by atoms with Crippen LogP contribution >= 0.6 is 23.4 Å². The van der Waals surface area contributed by atoms with E-state index in [1.807, 2.05) is 0 Å². The highest BCUT2D eigenvalue weighted by atomic mass is 35.5. The van der Waals surface area contributed by atoms with E-state index in [0.29, 0.717) is 34.3 Å². The summed E-state index contributed by atoms with van der Waals surface area (Å²) in [4.78, 5) is 26.9. The van der Waals surface area contributed by atoms with Crippen LogP contribution in [-0.4, -0.2) is 17.1 Å². The van der Waals surface area contributed by atoms with Crippen LogP contribution in [0.25, 0.3) is 0 Å². The molecule has 0 radical (unpaired) electrons. The Kier molecular flexibility index (Phi) is 3.73. The SMILES string of the molecule is O=C1C2=C(CCCC2)C(=O)N1c1cc(SC2CC2)c(Cl)cc1F. The van der Waals surface area contributed by atoms with Crippen LogP contribution in [-0.2, 0) is 9.59 Å². The van der Waals surface area contributed by atoms with Crippen LogP contribution in [0.2, 0.25) is 5.02 Å². The summed E-state index contributed by atoms with van der Waals surface area (Å²) in [5.41, 5.74) is 1.15. The summed E-state index contributed by atoms with van der Waals surface area (Å²) >= 11 is 7.70. The van der Waals surface area contributed by atoms with Crippen LogP contribution in [0.3, 0.4) is 0 Å². The first-order valence-electron chi connectivity index (χ1n) is 7.83. The predicted molar refractivity (Wildman–Crippen MR) is 88.3 cm³/mol. The van der Waals surface area contributed by atoms with Gasteiger partial charge in [-0.1, -0.05) is 11.6 Å². The molecule has 1 aromatic carbocycles. The van der Waals surface area contributed by atoms with Gasteiger partial charge in [0.15, 0.2) is 0 Å². The van der Waals surface area contributed by atoms with Crippen molar-refractivity contribution in [3.05, 3.63) is 34.1 Å². The van der Waals surface area contributed by atoms with E-state index in [2.05, 4.69) is 0 Å². The lowest BCUT2D eigenvalue weighted by Gasteiger charge is -2.17. The van der Waals surface area contributed by atoms with E-state index in [0.717, 1.165) is 35.5 Å². The molecule has 0 spiro atoms. The minimum atomic E-state index is -0.628. The molecule has 0 saturated heterocycles. The van der Waals surface area contributed by atoms with Crippen molar-refractivity contribution in [3.63, 3.8) is 0 Å². The number of nitrogens with zero attached hydrogens (tertiary/aromatic N) is 1. The zero-order valence-electron chi connectivity index (χ0n) is 12.4. The molecule has 0 aromatic heterocycles. The maximum absolute atomic E-state index is 14.4. The number of thioether (sulfide) groups is 1. The van der Waals surface area contributed by atoms with Gasteiger partial charge >= 0.3 is 0 Å². The van der Waals surface area contributed by atoms with Gasteiger partial charge in [0.25, 0.3) is 11.8 Å². The molecule has 0 unspecified atom stereocenters. The van der Waals surface area contributed by atoms with Gasteiger partial charge in [-0.3, -0.25) is 9.59 Å². The molecular weight excluding hydrogens is 337 g/mol. The number of carbonyl (C=O) groups excluding carboxylic acids is 2. The van der Waals surface area contributed by atoms with Gasteiger partial charge in [-0.05, 0) is 50.7 Å². The van der Waals surface area contributed by atoms with Crippen molar-refractivity contribution in [1.82, 2.24) is 0 Å². The van der Waals surface area contributed by atoms with Crippen molar-refractivity contribution in [2.24, 2.45) is 0 Å². The number of amides is 2. The third kappa shape index (κ3) is 2.60. The average molecular weight is 352 g/mol. The van der Waals surface area contributed by atoms with Gasteiger partial charge in [0.05, 0.1) is 10.7 Å². The highest BCUT2D eigenvalue weighted by Crippen LogP contribution is 2.45. The molecule has 1 heterocycles. The molecule has 3 aliphatic rings. The van der Waals surface area contributed by atoms with Crippen molar-refractivity contribution in [3.8, 4) is 0 Å². The lowest BCUT2D eigenvalue weighted by Crippen LogP contribution is -2.32. The zero-order chi connectivity index (χ0) is 16.1. The molecule has 1 aromatic rings. The fourth-order valence-corrected chi connectivity index (χ4v) is 4.47. The van der Waals surface area contributed by atoms with Gasteiger partial charge < -0.3 is 0 Å². The third-order valence-electron chi connectivity index (χ3n) is 4.45. The molecule has 2 amide bonds. The molecule has 3 nitrogen and oxygen atoms in total. The summed E-state index contributed by atoms with van der Waals surface area (Å²) in [6.45, 7) is 0. The van der Waals surface area contributed by atoms with Crippen LogP contribution in [0.15, 0.2) is 28.2 Å². The summed E-state index contributed by atoms with van der Waals surface area (Å²) in [6.07, 6.45) is 5.25. The van der Waals surface area contributed by atoms with Crippen molar-refractivity contribution >= 4 is 40.9 Å². The Morgan fingerprint density at radius 3 is 2.26 bits per heavy atom. The molecule has 1 fully saturated rings. The van der Waals surface area contributed by atoms with E-state index in [4.69, 9.17) is 11.6 Å². The number of carbonyl (C=O) groups is 2. The second-order valence-electron chi connectivity index (χ2n) is 6.16. The quantitative estimate of drug-likeness (QED) is 0.753. The largest absolute Gasteiger partial charge is 0.269 e. The number of rotatable bonds is 3. The lowest BCUT2D eigenvalue weighted by molar-refractivity contribution is -0.120. The minimum absolute atomic E-state index is 0.0296. The van der Waals surface area contributed by atoms with Gasteiger partial charge in [-0.25, -0.2) is 9.29 Å². The topological polar surface area (TPSA) is 37.4 Å². The van der Waals surface area contributed by atoms with Crippen LogP contribution < -0.4 is 4.90 Å². The van der Waals surface area contributed by atoms with E-state index in [1.165, 1.54) is 6.07 Å². The number of anilines is 1. The van der Waals surface area contributed by atoms with Gasteiger partial charge in [0, 0.05) is 21.3 Å². The molecule has 1 aliphatic heterocycles. The van der Waals surface area contributed by atoms with Crippen molar-refractivity contribution < 1.29 is 14.0 Å². The molecule has 6 heteroatoms. The number of benzene rings is 1. The Hall–Kier alpha value is -1.33. The first kappa shape index (κ1) is 15.2. The highest BCUT2D eigenvalue weighted by Gasteiger charge is 2.41. The molecule has 23 heavy (non-hydrogen) atoms. The van der Waals surface area contributed by atoms with E-state index >= 15 is 0 Å². The highest BCUT2D eigenvalue weighted by molar-refractivity contribution is 8.00. The summed E-state index contributed by atoms with van der Waals surface area (Å²) < 4.78 is 14.4. The standard InChI is InChI=1S/C17H15ClFNO2S/c18-12-7-13(19)14(8-15(12)23-9-5-6-9)20-16(21)10-3-1-2-4-11(10)17(20)22/h7-9H,1-6H2. The van der Waals surface area contributed by atoms with Crippen LogP contribution in [0, 0.1) is 5.82 Å². The fourth-order valence-electron chi connectivity index (χ4n) is 3.10. The Bertz CT molecular complexity index is 729. The Morgan fingerprint density at radius 2 is 1.70 bits per heavy atom. The fraction of sp³-hybridized carbons (Fsp3) is 0.412. The van der Waals surface area contributed by atoms with Crippen molar-refractivity contribution in [1.29, 1.82) is 0 Å². The Labute approximate surface area is 142 Å². The van der Waals surface area contributed by atoms with Crippen molar-refractivity contribution in [2.45, 2.75) is 48.7 Å². The third-order valence-corrected chi connectivity index (χ3v) is 6.27. The normalized spacial score (nSPS) is 21.2. The molecule has 4 rings (SSSR count). The van der Waals surface area contributed by atoms with Gasteiger partial charge in [0.2, 0.25) is 0 Å². The van der Waals surface area contributed by atoms with Crippen molar-refractivity contribution in [2.75, 3.05) is 4.90 Å². The van der Waals surface area contributed by atoms with E-state index < -0.39 is 5.82 Å². The summed E-state index contributed by atoms with van der Waals surface area (Å²) in [5.74, 6) is -1.36. The van der Waals surface area contributed by atoms with E-state index in [9.17, 15) is 14.0 Å². The first-order chi connectivity index (χ1) is 11.1. The minimum Gasteiger partial charge on any atom is -0.269 e. The van der Waals surface area contributed by atoms with Crippen LogP contribution in [0.5, 0.6) is 0 Å². The van der Waals surface area contributed by atoms with Gasteiger partial charge in [-0.15, -0.1) is 11.8 Å². The number of hydrogen-bond donors (Lipinski definition) is 0. The van der Waals surface area contributed by atoms with E-state index in [1.54, 1.807) is 17.8 Å². The second-order valence-corrected chi connectivity index (χ2v) is 7.91.